The summed E-state index contributed by atoms with van der Waals surface area (Å²) in [6.45, 7) is 7.22. The molecule has 1 saturated heterocycles. The molecule has 0 spiro atoms. The maximum atomic E-state index is 13.4. The molecular weight excluding hydrogens is 458 g/mol. The second kappa shape index (κ2) is 8.60. The van der Waals surface area contributed by atoms with Gasteiger partial charge in [-0.3, -0.25) is 14.3 Å². The fourth-order valence-electron chi connectivity index (χ4n) is 4.12. The molecule has 3 aliphatic heterocycles. The van der Waals surface area contributed by atoms with Gasteiger partial charge in [-0.2, -0.15) is 8.42 Å². The number of fused-ring (bicyclic) bond motifs is 2. The highest BCUT2D eigenvalue weighted by molar-refractivity contribution is 7.86. The first-order valence-electron chi connectivity index (χ1n) is 10.5. The minimum atomic E-state index is -4.16. The molecule has 0 saturated carbocycles. The molecule has 2 bridgehead atoms. The number of carbonyl (C=O) groups is 2. The van der Waals surface area contributed by atoms with E-state index in [0.29, 0.717) is 12.8 Å². The lowest BCUT2D eigenvalue weighted by Crippen LogP contribution is -2.56. The zero-order valence-corrected chi connectivity index (χ0v) is 20.4. The predicted molar refractivity (Wildman–Crippen MR) is 115 cm³/mol. The number of nitrogens with zero attached hydrogens (tertiary/aromatic N) is 3. The maximum absolute atomic E-state index is 13.4. The molecule has 2 unspecified atom stereocenters. The monoisotopic (exact) mass is 487 g/mol. The summed E-state index contributed by atoms with van der Waals surface area (Å²) in [5, 5.41) is 0. The first-order valence-corrected chi connectivity index (χ1v) is 12.3. The summed E-state index contributed by atoms with van der Waals surface area (Å²) in [5.74, 6) is -1.73. The highest BCUT2D eigenvalue weighted by Gasteiger charge is 2.52. The van der Waals surface area contributed by atoms with Gasteiger partial charge in [0.05, 0.1) is 32.6 Å². The number of esters is 1. The zero-order valence-electron chi connectivity index (χ0n) is 19.5. The van der Waals surface area contributed by atoms with Gasteiger partial charge >= 0.3 is 22.2 Å². The molecule has 13 heteroatoms. The van der Waals surface area contributed by atoms with Gasteiger partial charge in [0.25, 0.3) is 5.56 Å². The van der Waals surface area contributed by atoms with Crippen LogP contribution in [0.25, 0.3) is 0 Å². The van der Waals surface area contributed by atoms with Gasteiger partial charge in [-0.1, -0.05) is 0 Å². The molecule has 4 rings (SSSR count). The number of ether oxygens (including phenoxy) is 3. The van der Waals surface area contributed by atoms with Crippen molar-refractivity contribution < 1.29 is 36.4 Å². The number of carbonyl (C=O) groups excluding carboxylic acids is 2. The average Bonchev–Trinajstić information content (AvgIpc) is 2.94. The molecule has 0 aromatic carbocycles. The number of hydrogen-bond acceptors (Lipinski definition) is 10. The van der Waals surface area contributed by atoms with Crippen LogP contribution in [-0.2, 0) is 36.4 Å². The van der Waals surface area contributed by atoms with E-state index in [0.717, 1.165) is 13.4 Å². The molecule has 0 aliphatic carbocycles. The van der Waals surface area contributed by atoms with E-state index >= 15 is 0 Å². The number of likely N-dealkylation sites (N-methyl/N-ethyl adjacent to an activating group) is 1. The molecule has 0 radical (unpaired) electrons. The van der Waals surface area contributed by atoms with Crippen LogP contribution in [0.15, 0.2) is 4.79 Å². The summed E-state index contributed by atoms with van der Waals surface area (Å²) in [6.07, 6.45) is 0.638. The second-order valence-corrected chi connectivity index (χ2v) is 10.6. The van der Waals surface area contributed by atoms with E-state index in [1.807, 2.05) is 0 Å². The lowest BCUT2D eigenvalue weighted by molar-refractivity contribution is -0.0872. The minimum absolute atomic E-state index is 0.0179. The normalized spacial score (nSPS) is 22.2. The highest BCUT2D eigenvalue weighted by Crippen LogP contribution is 2.41. The average molecular weight is 488 g/mol. The smallest absolute Gasteiger partial charge is 0.411 e. The van der Waals surface area contributed by atoms with Crippen LogP contribution in [0.4, 0.5) is 4.79 Å². The van der Waals surface area contributed by atoms with Crippen LogP contribution in [-0.4, -0.2) is 73.2 Å². The fourth-order valence-corrected chi connectivity index (χ4v) is 4.57. The van der Waals surface area contributed by atoms with Crippen molar-refractivity contribution in [2.75, 3.05) is 26.5 Å². The zero-order chi connectivity index (χ0) is 24.8. The van der Waals surface area contributed by atoms with Crippen molar-refractivity contribution in [3.05, 3.63) is 21.9 Å². The van der Waals surface area contributed by atoms with Crippen LogP contribution in [0.2, 0.25) is 0 Å². The van der Waals surface area contributed by atoms with Gasteiger partial charge in [0.15, 0.2) is 5.69 Å². The van der Waals surface area contributed by atoms with E-state index in [-0.39, 0.29) is 31.6 Å². The third kappa shape index (κ3) is 4.83. The number of aromatic nitrogens is 2. The summed E-state index contributed by atoms with van der Waals surface area (Å²) in [4.78, 5) is 44.8. The Morgan fingerprint density at radius 1 is 1.33 bits per heavy atom. The van der Waals surface area contributed by atoms with Gasteiger partial charge in [-0.05, 0) is 40.5 Å². The predicted octanol–water partition coefficient (Wildman–Crippen LogP) is 1.01. The van der Waals surface area contributed by atoms with Crippen molar-refractivity contribution in [1.82, 2.24) is 14.5 Å². The lowest BCUT2D eigenvalue weighted by atomic mass is 9.88. The lowest BCUT2D eigenvalue weighted by Gasteiger charge is -2.44. The van der Waals surface area contributed by atoms with Crippen molar-refractivity contribution >= 4 is 22.2 Å². The van der Waals surface area contributed by atoms with Gasteiger partial charge in [0.2, 0.25) is 5.75 Å². The molecule has 12 nitrogen and oxygen atoms in total. The van der Waals surface area contributed by atoms with Gasteiger partial charge < -0.3 is 18.4 Å². The number of methoxy groups -OCH3 is 1. The van der Waals surface area contributed by atoms with Crippen molar-refractivity contribution in [3.8, 4) is 5.75 Å². The molecule has 1 aromatic rings. The molecule has 184 valence electrons. The van der Waals surface area contributed by atoms with Crippen LogP contribution in [0, 0.1) is 0 Å². The van der Waals surface area contributed by atoms with Crippen molar-refractivity contribution in [3.63, 3.8) is 0 Å². The van der Waals surface area contributed by atoms with Gasteiger partial charge in [0.1, 0.15) is 17.0 Å². The minimum Gasteiger partial charge on any atom is -0.464 e. The summed E-state index contributed by atoms with van der Waals surface area (Å²) in [5.41, 5.74) is -3.48. The molecule has 0 N–H and O–H groups in total. The Morgan fingerprint density at radius 2 is 2.00 bits per heavy atom. The Labute approximate surface area is 191 Å². The highest BCUT2D eigenvalue weighted by atomic mass is 32.2. The third-order valence-electron chi connectivity index (χ3n) is 5.43. The number of hydrogen-bond donors (Lipinski definition) is 0. The van der Waals surface area contributed by atoms with E-state index in [1.165, 1.54) is 9.47 Å². The quantitative estimate of drug-likeness (QED) is 0.436. The standard InChI is InChI=1S/C20H29N3O9S/c1-7-23(18(26)31-19(2,3)4)20-9-8-12(30-11-20)10-22-15(24)14(32-33(6,27)28)13(16(25)29-5)21-17(20)22/h12H,7-11H2,1-6H3. The fraction of sp³-hybridized carbons (Fsp3) is 0.700. The molecular formula is C20H29N3O9S. The Bertz CT molecular complexity index is 1110. The van der Waals surface area contributed by atoms with E-state index in [4.69, 9.17) is 18.4 Å². The molecule has 33 heavy (non-hydrogen) atoms. The Kier molecular flexibility index (Phi) is 6.50. The van der Waals surface area contributed by atoms with Crippen LogP contribution in [0.5, 0.6) is 5.75 Å². The maximum Gasteiger partial charge on any atom is 0.411 e. The van der Waals surface area contributed by atoms with E-state index < -0.39 is 50.3 Å². The Hall–Kier alpha value is -2.67. The van der Waals surface area contributed by atoms with E-state index in [9.17, 15) is 22.8 Å². The van der Waals surface area contributed by atoms with E-state index in [2.05, 4.69) is 4.98 Å². The molecule has 4 heterocycles. The third-order valence-corrected chi connectivity index (χ3v) is 5.90. The summed E-state index contributed by atoms with van der Waals surface area (Å²) >= 11 is 0. The van der Waals surface area contributed by atoms with Crippen LogP contribution < -0.4 is 9.74 Å². The molecule has 3 aliphatic rings. The van der Waals surface area contributed by atoms with Crippen LogP contribution in [0.1, 0.15) is 56.8 Å². The first kappa shape index (κ1) is 25.0. The molecule has 1 amide bonds. The second-order valence-electron chi connectivity index (χ2n) is 9.04. The van der Waals surface area contributed by atoms with Crippen molar-refractivity contribution in [2.45, 2.75) is 64.3 Å². The number of rotatable bonds is 5. The molecule has 2 atom stereocenters. The first-order chi connectivity index (χ1) is 15.2. The molecule has 1 fully saturated rings. The van der Waals surface area contributed by atoms with Crippen molar-refractivity contribution in [2.24, 2.45) is 0 Å². The van der Waals surface area contributed by atoms with Gasteiger partial charge in [-0.25, -0.2) is 14.6 Å². The Morgan fingerprint density at radius 3 is 2.48 bits per heavy atom. The summed E-state index contributed by atoms with van der Waals surface area (Å²) in [7, 11) is -3.09. The SMILES string of the molecule is CCN(C(=O)OC(C)(C)C)C12CCC(Cn3c1nc(C(=O)OC)c(OS(C)(=O)=O)c3=O)OC2. The Balaban J connectivity index is 2.29. The van der Waals surface area contributed by atoms with Gasteiger partial charge in [-0.15, -0.1) is 0 Å². The topological polar surface area (TPSA) is 143 Å². The molecule has 1 aromatic heterocycles. The van der Waals surface area contributed by atoms with Crippen molar-refractivity contribution in [1.29, 1.82) is 0 Å². The van der Waals surface area contributed by atoms with E-state index in [1.54, 1.807) is 27.7 Å². The van der Waals surface area contributed by atoms with Crippen LogP contribution in [0.3, 0.4) is 0 Å². The van der Waals surface area contributed by atoms with Gasteiger partial charge in [0, 0.05) is 6.54 Å². The summed E-state index contributed by atoms with van der Waals surface area (Å²) in [6, 6.07) is 0. The largest absolute Gasteiger partial charge is 0.464 e. The number of amides is 1. The van der Waals surface area contributed by atoms with Crippen LogP contribution >= 0.6 is 0 Å². The summed E-state index contributed by atoms with van der Waals surface area (Å²) < 4.78 is 45.9.